The molecular formula is C14H13N3O. The van der Waals surface area contributed by atoms with E-state index in [1.165, 1.54) is 0 Å². The molecule has 0 bridgehead atoms. The van der Waals surface area contributed by atoms with Crippen molar-refractivity contribution in [2.75, 3.05) is 7.11 Å². The van der Waals surface area contributed by atoms with Gasteiger partial charge in [0.25, 0.3) is 0 Å². The molecule has 0 saturated carbocycles. The van der Waals surface area contributed by atoms with E-state index in [4.69, 9.17) is 4.74 Å². The average molecular weight is 239 g/mol. The molecule has 0 spiro atoms. The molecule has 18 heavy (non-hydrogen) atoms. The first-order valence-electron chi connectivity index (χ1n) is 5.78. The lowest BCUT2D eigenvalue weighted by Gasteiger charge is -2.06. The number of aromatic nitrogens is 3. The quantitative estimate of drug-likeness (QED) is 0.705. The first-order valence-corrected chi connectivity index (χ1v) is 5.78. The van der Waals surface area contributed by atoms with E-state index in [0.717, 1.165) is 22.3 Å². The Kier molecular flexibility index (Phi) is 2.68. The van der Waals surface area contributed by atoms with Crippen molar-refractivity contribution >= 4 is 11.0 Å². The number of rotatable bonds is 3. The third kappa shape index (κ3) is 1.93. The Bertz CT molecular complexity index is 642. The molecule has 0 atom stereocenters. The highest BCUT2D eigenvalue weighted by Gasteiger charge is 2.05. The molecule has 0 saturated heterocycles. The van der Waals surface area contributed by atoms with E-state index in [0.29, 0.717) is 6.54 Å². The molecule has 3 rings (SSSR count). The number of methoxy groups -OCH3 is 1. The molecular weight excluding hydrogens is 226 g/mol. The second-order valence-electron chi connectivity index (χ2n) is 4.03. The largest absolute Gasteiger partial charge is 0.496 e. The zero-order valence-corrected chi connectivity index (χ0v) is 10.1. The lowest BCUT2D eigenvalue weighted by Crippen LogP contribution is -2.04. The zero-order valence-electron chi connectivity index (χ0n) is 10.1. The molecule has 1 aromatic heterocycles. The van der Waals surface area contributed by atoms with Crippen LogP contribution in [-0.2, 0) is 6.54 Å². The van der Waals surface area contributed by atoms with Crippen molar-refractivity contribution in [1.82, 2.24) is 15.0 Å². The summed E-state index contributed by atoms with van der Waals surface area (Å²) in [6.45, 7) is 0.610. The summed E-state index contributed by atoms with van der Waals surface area (Å²) in [5.74, 6) is 0.860. The third-order valence-electron chi connectivity index (χ3n) is 2.83. The highest BCUT2D eigenvalue weighted by Crippen LogP contribution is 2.18. The predicted octanol–water partition coefficient (Wildman–Crippen LogP) is 2.49. The van der Waals surface area contributed by atoms with Gasteiger partial charge in [-0.1, -0.05) is 30.3 Å². The Morgan fingerprint density at radius 2 is 1.56 bits per heavy atom. The molecule has 4 nitrogen and oxygen atoms in total. The lowest BCUT2D eigenvalue weighted by atomic mass is 10.2. The number of hydrogen-bond donors (Lipinski definition) is 0. The molecule has 0 fully saturated rings. The molecule has 0 aliphatic heterocycles. The van der Waals surface area contributed by atoms with Crippen LogP contribution in [0.1, 0.15) is 5.56 Å². The van der Waals surface area contributed by atoms with Crippen LogP contribution in [0.4, 0.5) is 0 Å². The van der Waals surface area contributed by atoms with E-state index in [9.17, 15) is 0 Å². The summed E-state index contributed by atoms with van der Waals surface area (Å²) in [7, 11) is 1.67. The molecule has 0 amide bonds. The van der Waals surface area contributed by atoms with E-state index < -0.39 is 0 Å². The highest BCUT2D eigenvalue weighted by molar-refractivity contribution is 5.72. The molecule has 0 radical (unpaired) electrons. The fourth-order valence-corrected chi connectivity index (χ4v) is 1.96. The predicted molar refractivity (Wildman–Crippen MR) is 69.6 cm³/mol. The van der Waals surface area contributed by atoms with E-state index in [1.807, 2.05) is 48.5 Å². The fourth-order valence-electron chi connectivity index (χ4n) is 1.96. The van der Waals surface area contributed by atoms with Crippen LogP contribution in [0.25, 0.3) is 11.0 Å². The molecule has 2 aromatic carbocycles. The minimum atomic E-state index is 0.610. The van der Waals surface area contributed by atoms with Gasteiger partial charge >= 0.3 is 0 Å². The van der Waals surface area contributed by atoms with Gasteiger partial charge < -0.3 is 4.74 Å². The van der Waals surface area contributed by atoms with Gasteiger partial charge in [0.05, 0.1) is 13.7 Å². The summed E-state index contributed by atoms with van der Waals surface area (Å²) >= 11 is 0. The highest BCUT2D eigenvalue weighted by atomic mass is 16.5. The minimum absolute atomic E-state index is 0.610. The van der Waals surface area contributed by atoms with Gasteiger partial charge in [-0.25, -0.2) is 0 Å². The Morgan fingerprint density at radius 1 is 0.944 bits per heavy atom. The molecule has 0 N–H and O–H groups in total. The Balaban J connectivity index is 1.96. The molecule has 0 aliphatic carbocycles. The van der Waals surface area contributed by atoms with E-state index >= 15 is 0 Å². The Morgan fingerprint density at radius 3 is 2.22 bits per heavy atom. The molecule has 0 unspecified atom stereocenters. The number of ether oxygens (including phenoxy) is 1. The first kappa shape index (κ1) is 10.8. The van der Waals surface area contributed by atoms with Crippen LogP contribution in [-0.4, -0.2) is 22.1 Å². The van der Waals surface area contributed by atoms with E-state index in [2.05, 4.69) is 10.2 Å². The second-order valence-corrected chi connectivity index (χ2v) is 4.03. The Labute approximate surface area is 105 Å². The van der Waals surface area contributed by atoms with Gasteiger partial charge in [-0.05, 0) is 18.2 Å². The summed E-state index contributed by atoms with van der Waals surface area (Å²) in [5, 5.41) is 8.87. The molecule has 3 aromatic rings. The number of nitrogens with zero attached hydrogens (tertiary/aromatic N) is 3. The van der Waals surface area contributed by atoms with Gasteiger partial charge in [0.2, 0.25) is 0 Å². The van der Waals surface area contributed by atoms with Crippen molar-refractivity contribution in [2.24, 2.45) is 0 Å². The number of hydrogen-bond acceptors (Lipinski definition) is 3. The number of benzene rings is 2. The number of fused-ring (bicyclic) bond motifs is 1. The maximum Gasteiger partial charge on any atom is 0.123 e. The van der Waals surface area contributed by atoms with Crippen molar-refractivity contribution < 1.29 is 4.74 Å². The summed E-state index contributed by atoms with van der Waals surface area (Å²) in [6.07, 6.45) is 0. The topological polar surface area (TPSA) is 39.9 Å². The standard InChI is InChI=1S/C14H13N3O/c1-18-14-9-5-2-6-11(14)10-17-15-12-7-3-4-8-13(12)16-17/h2-9H,10H2,1H3. The van der Waals surface area contributed by atoms with Crippen LogP contribution < -0.4 is 4.74 Å². The second kappa shape index (κ2) is 4.49. The average Bonchev–Trinajstić information content (AvgIpc) is 2.81. The van der Waals surface area contributed by atoms with Crippen molar-refractivity contribution in [3.63, 3.8) is 0 Å². The maximum absolute atomic E-state index is 5.32. The van der Waals surface area contributed by atoms with Gasteiger partial charge in [-0.3, -0.25) is 0 Å². The maximum atomic E-state index is 5.32. The van der Waals surface area contributed by atoms with Gasteiger partial charge in [0.1, 0.15) is 16.8 Å². The van der Waals surface area contributed by atoms with Gasteiger partial charge in [-0.2, -0.15) is 15.0 Å². The van der Waals surface area contributed by atoms with Crippen LogP contribution in [0.15, 0.2) is 48.5 Å². The summed E-state index contributed by atoms with van der Waals surface area (Å²) < 4.78 is 5.32. The summed E-state index contributed by atoms with van der Waals surface area (Å²) in [6, 6.07) is 15.7. The Hall–Kier alpha value is -2.36. The van der Waals surface area contributed by atoms with Gasteiger partial charge in [0.15, 0.2) is 0 Å². The SMILES string of the molecule is COc1ccccc1Cn1nc2ccccc2n1. The van der Waals surface area contributed by atoms with Crippen LogP contribution in [0, 0.1) is 0 Å². The van der Waals surface area contributed by atoms with Crippen LogP contribution in [0.2, 0.25) is 0 Å². The number of para-hydroxylation sites is 1. The summed E-state index contributed by atoms with van der Waals surface area (Å²) in [4.78, 5) is 1.70. The van der Waals surface area contributed by atoms with Crippen LogP contribution in [0.3, 0.4) is 0 Å². The van der Waals surface area contributed by atoms with Crippen LogP contribution in [0.5, 0.6) is 5.75 Å². The summed E-state index contributed by atoms with van der Waals surface area (Å²) in [5.41, 5.74) is 2.89. The van der Waals surface area contributed by atoms with Gasteiger partial charge in [-0.15, -0.1) is 0 Å². The fraction of sp³-hybridized carbons (Fsp3) is 0.143. The van der Waals surface area contributed by atoms with Crippen molar-refractivity contribution in [2.45, 2.75) is 6.54 Å². The third-order valence-corrected chi connectivity index (χ3v) is 2.83. The normalized spacial score (nSPS) is 10.7. The molecule has 90 valence electrons. The van der Waals surface area contributed by atoms with Gasteiger partial charge in [0, 0.05) is 5.56 Å². The van der Waals surface area contributed by atoms with Crippen molar-refractivity contribution in [3.05, 3.63) is 54.1 Å². The van der Waals surface area contributed by atoms with Crippen LogP contribution >= 0.6 is 0 Å². The van der Waals surface area contributed by atoms with E-state index in [-0.39, 0.29) is 0 Å². The molecule has 0 aliphatic rings. The zero-order chi connectivity index (χ0) is 12.4. The smallest absolute Gasteiger partial charge is 0.123 e. The lowest BCUT2D eigenvalue weighted by molar-refractivity contribution is 0.405. The van der Waals surface area contributed by atoms with Crippen molar-refractivity contribution in [1.29, 1.82) is 0 Å². The first-order chi connectivity index (χ1) is 8.86. The minimum Gasteiger partial charge on any atom is -0.496 e. The van der Waals surface area contributed by atoms with E-state index in [1.54, 1.807) is 11.9 Å². The molecule has 1 heterocycles. The van der Waals surface area contributed by atoms with Crippen molar-refractivity contribution in [3.8, 4) is 5.75 Å². The monoisotopic (exact) mass is 239 g/mol. The molecule has 4 heteroatoms.